The van der Waals surface area contributed by atoms with Crippen molar-refractivity contribution in [2.24, 2.45) is 0 Å². The van der Waals surface area contributed by atoms with Gasteiger partial charge in [0.05, 0.1) is 12.1 Å². The van der Waals surface area contributed by atoms with E-state index in [0.29, 0.717) is 34.2 Å². The number of rotatable bonds is 5. The summed E-state index contributed by atoms with van der Waals surface area (Å²) in [5, 5.41) is 10.0. The lowest BCUT2D eigenvalue weighted by Gasteiger charge is -2.23. The van der Waals surface area contributed by atoms with Crippen LogP contribution >= 0.6 is 0 Å². The first-order valence-electron chi connectivity index (χ1n) is 7.32. The average Bonchev–Trinajstić information content (AvgIpc) is 2.74. The summed E-state index contributed by atoms with van der Waals surface area (Å²) in [4.78, 5) is 12.0. The molecule has 0 saturated carbocycles. The van der Waals surface area contributed by atoms with Gasteiger partial charge in [0.1, 0.15) is 0 Å². The van der Waals surface area contributed by atoms with Gasteiger partial charge in [-0.05, 0) is 33.2 Å². The summed E-state index contributed by atoms with van der Waals surface area (Å²) in [6, 6.07) is 0.314. The van der Waals surface area contributed by atoms with Crippen LogP contribution in [0.3, 0.4) is 0 Å². The fourth-order valence-corrected chi connectivity index (χ4v) is 2.70. The molecule has 2 heterocycles. The van der Waals surface area contributed by atoms with E-state index in [0.717, 1.165) is 13.0 Å². The van der Waals surface area contributed by atoms with E-state index in [-0.39, 0.29) is 12.3 Å². The van der Waals surface area contributed by atoms with Crippen molar-refractivity contribution in [3.8, 4) is 0 Å². The number of hydrogen-bond acceptors (Lipinski definition) is 3. The number of aromatic nitrogens is 2. The molecule has 1 amide bonds. The lowest BCUT2D eigenvalue weighted by molar-refractivity contribution is -0.120. The second kappa shape index (κ2) is 6.98. The van der Waals surface area contributed by atoms with Crippen LogP contribution in [0.25, 0.3) is 0 Å². The molecule has 1 fully saturated rings. The summed E-state index contributed by atoms with van der Waals surface area (Å²) in [6.07, 6.45) is 3.50. The number of alkyl halides is 2. The Morgan fingerprint density at radius 2 is 2.24 bits per heavy atom. The fraction of sp³-hybridized carbons (Fsp3) is 0.714. The molecule has 1 aliphatic rings. The highest BCUT2D eigenvalue weighted by Gasteiger charge is 2.20. The summed E-state index contributed by atoms with van der Waals surface area (Å²) in [5.74, 6) is -0.151. The molecule has 0 aromatic carbocycles. The molecule has 1 aromatic rings. The van der Waals surface area contributed by atoms with Crippen LogP contribution in [0.2, 0.25) is 0 Å². The largest absolute Gasteiger partial charge is 0.354 e. The second-order valence-corrected chi connectivity index (χ2v) is 5.50. The van der Waals surface area contributed by atoms with Gasteiger partial charge >= 0.3 is 6.55 Å². The van der Waals surface area contributed by atoms with E-state index >= 15 is 0 Å². The highest BCUT2D eigenvalue weighted by Crippen LogP contribution is 2.19. The first-order chi connectivity index (χ1) is 9.99. The van der Waals surface area contributed by atoms with Gasteiger partial charge in [0.15, 0.2) is 0 Å². The number of hydrogen-bond donors (Lipinski definition) is 2. The minimum absolute atomic E-state index is 0.0944. The predicted octanol–water partition coefficient (Wildman–Crippen LogP) is 1.70. The second-order valence-electron chi connectivity index (χ2n) is 5.50. The standard InChI is InChI=1S/C14H22F2N4O/c1-9-12(10(2)20(19-9)14(15)16)7-13(21)18-8-11-5-3-4-6-17-11/h11,14,17H,3-8H2,1-2H3,(H,18,21)/t11-/m0/s1. The van der Waals surface area contributed by atoms with Gasteiger partial charge in [0.2, 0.25) is 5.91 Å². The van der Waals surface area contributed by atoms with E-state index in [1.54, 1.807) is 13.8 Å². The van der Waals surface area contributed by atoms with Gasteiger partial charge in [-0.15, -0.1) is 0 Å². The normalized spacial score (nSPS) is 19.0. The van der Waals surface area contributed by atoms with Crippen LogP contribution in [0.4, 0.5) is 8.78 Å². The van der Waals surface area contributed by atoms with E-state index in [4.69, 9.17) is 0 Å². The molecule has 1 atom stereocenters. The topological polar surface area (TPSA) is 59.0 Å². The minimum atomic E-state index is -2.67. The van der Waals surface area contributed by atoms with Crippen molar-refractivity contribution < 1.29 is 13.6 Å². The molecule has 0 aliphatic carbocycles. The molecular formula is C14H22F2N4O. The van der Waals surface area contributed by atoms with Crippen LogP contribution in [-0.2, 0) is 11.2 Å². The Kier molecular flexibility index (Phi) is 5.27. The number of halogens is 2. The van der Waals surface area contributed by atoms with Crippen LogP contribution in [0.5, 0.6) is 0 Å². The van der Waals surface area contributed by atoms with Gasteiger partial charge in [-0.25, -0.2) is 4.68 Å². The molecule has 0 bridgehead atoms. The van der Waals surface area contributed by atoms with Gasteiger partial charge in [0, 0.05) is 23.8 Å². The lowest BCUT2D eigenvalue weighted by atomic mass is 10.0. The number of amides is 1. The maximum Gasteiger partial charge on any atom is 0.333 e. The Balaban J connectivity index is 1.90. The molecule has 1 aliphatic heterocycles. The molecule has 0 unspecified atom stereocenters. The first kappa shape index (κ1) is 15.9. The van der Waals surface area contributed by atoms with E-state index < -0.39 is 6.55 Å². The fourth-order valence-electron chi connectivity index (χ4n) is 2.70. The Bertz CT molecular complexity index is 495. The maximum atomic E-state index is 12.7. The summed E-state index contributed by atoms with van der Waals surface area (Å²) >= 11 is 0. The van der Waals surface area contributed by atoms with Crippen molar-refractivity contribution >= 4 is 5.91 Å². The molecule has 2 N–H and O–H groups in total. The molecular weight excluding hydrogens is 278 g/mol. The van der Waals surface area contributed by atoms with Gasteiger partial charge < -0.3 is 10.6 Å². The van der Waals surface area contributed by atoms with Crippen molar-refractivity contribution in [3.63, 3.8) is 0 Å². The van der Waals surface area contributed by atoms with Crippen molar-refractivity contribution in [1.29, 1.82) is 0 Å². The summed E-state index contributed by atoms with van der Waals surface area (Å²) in [5.41, 5.74) is 1.43. The molecule has 21 heavy (non-hydrogen) atoms. The third-order valence-corrected chi connectivity index (χ3v) is 3.96. The third-order valence-electron chi connectivity index (χ3n) is 3.96. The van der Waals surface area contributed by atoms with Gasteiger partial charge in [0.25, 0.3) is 0 Å². The molecule has 1 aromatic heterocycles. The van der Waals surface area contributed by atoms with E-state index in [1.807, 2.05) is 0 Å². The summed E-state index contributed by atoms with van der Waals surface area (Å²) in [7, 11) is 0. The van der Waals surface area contributed by atoms with Gasteiger partial charge in [-0.2, -0.15) is 13.9 Å². The van der Waals surface area contributed by atoms with Crippen molar-refractivity contribution in [2.45, 2.75) is 52.1 Å². The van der Waals surface area contributed by atoms with E-state index in [2.05, 4.69) is 15.7 Å². The van der Waals surface area contributed by atoms with Crippen LogP contribution in [0.1, 0.15) is 42.8 Å². The summed E-state index contributed by atoms with van der Waals surface area (Å²) < 4.78 is 26.1. The van der Waals surface area contributed by atoms with Crippen molar-refractivity contribution in [2.75, 3.05) is 13.1 Å². The average molecular weight is 300 g/mol. The van der Waals surface area contributed by atoms with Crippen LogP contribution in [-0.4, -0.2) is 34.8 Å². The number of piperidine rings is 1. The Morgan fingerprint density at radius 3 is 2.81 bits per heavy atom. The quantitative estimate of drug-likeness (QED) is 0.870. The zero-order valence-electron chi connectivity index (χ0n) is 12.5. The molecule has 0 spiro atoms. The third kappa shape index (κ3) is 4.00. The maximum absolute atomic E-state index is 12.7. The van der Waals surface area contributed by atoms with Crippen LogP contribution in [0, 0.1) is 13.8 Å². The predicted molar refractivity (Wildman–Crippen MR) is 75.3 cm³/mol. The van der Waals surface area contributed by atoms with Gasteiger partial charge in [-0.3, -0.25) is 4.79 Å². The Labute approximate surface area is 123 Å². The van der Waals surface area contributed by atoms with Crippen LogP contribution < -0.4 is 10.6 Å². The minimum Gasteiger partial charge on any atom is -0.354 e. The molecule has 2 rings (SSSR count). The first-order valence-corrected chi connectivity index (χ1v) is 7.32. The van der Waals surface area contributed by atoms with Gasteiger partial charge in [-0.1, -0.05) is 6.42 Å². The number of nitrogens with one attached hydrogen (secondary N) is 2. The van der Waals surface area contributed by atoms with Crippen molar-refractivity contribution in [3.05, 3.63) is 17.0 Å². The molecule has 0 radical (unpaired) electrons. The van der Waals surface area contributed by atoms with E-state index in [9.17, 15) is 13.6 Å². The van der Waals surface area contributed by atoms with Crippen molar-refractivity contribution in [1.82, 2.24) is 20.4 Å². The molecule has 1 saturated heterocycles. The number of carbonyl (C=O) groups excluding carboxylic acids is 1. The highest BCUT2D eigenvalue weighted by molar-refractivity contribution is 5.79. The van der Waals surface area contributed by atoms with Crippen LogP contribution in [0.15, 0.2) is 0 Å². The zero-order valence-corrected chi connectivity index (χ0v) is 12.5. The molecule has 5 nitrogen and oxygen atoms in total. The lowest BCUT2D eigenvalue weighted by Crippen LogP contribution is -2.43. The highest BCUT2D eigenvalue weighted by atomic mass is 19.3. The summed E-state index contributed by atoms with van der Waals surface area (Å²) in [6.45, 7) is 2.11. The Morgan fingerprint density at radius 1 is 1.48 bits per heavy atom. The molecule has 118 valence electrons. The SMILES string of the molecule is Cc1nn(C(F)F)c(C)c1CC(=O)NC[C@@H]1CCCCN1. The number of nitrogens with zero attached hydrogens (tertiary/aromatic N) is 2. The Hall–Kier alpha value is -1.50. The number of carbonyl (C=O) groups is 1. The number of aryl methyl sites for hydroxylation is 1. The zero-order chi connectivity index (χ0) is 15.4. The monoisotopic (exact) mass is 300 g/mol. The molecule has 7 heteroatoms. The van der Waals surface area contributed by atoms with E-state index in [1.165, 1.54) is 12.8 Å². The smallest absolute Gasteiger partial charge is 0.333 e.